The molecule has 0 aliphatic carbocycles. The zero-order valence-corrected chi connectivity index (χ0v) is 15.0. The molecular formula is C16H14ClF3N6O. The lowest BCUT2D eigenvalue weighted by Gasteiger charge is -2.10. The van der Waals surface area contributed by atoms with E-state index in [0.29, 0.717) is 23.8 Å². The van der Waals surface area contributed by atoms with Crippen molar-refractivity contribution in [3.63, 3.8) is 0 Å². The van der Waals surface area contributed by atoms with Gasteiger partial charge in [-0.25, -0.2) is 9.97 Å². The Hall–Kier alpha value is -2.88. The zero-order chi connectivity index (χ0) is 19.6. The van der Waals surface area contributed by atoms with E-state index in [0.717, 1.165) is 11.8 Å². The largest absolute Gasteiger partial charge is 0.491 e. The highest BCUT2D eigenvalue weighted by Crippen LogP contribution is 2.30. The van der Waals surface area contributed by atoms with Crippen LogP contribution < -0.4 is 10.1 Å². The standard InChI is InChI=1S/C16H14ClF3N6O/c1-26-8-12(16(18,19)20)24-14(26)10-4-3-9(5-21-10)6-22-13-11(27-2)7-23-15(17)25-13/h3-5,7-8H,6H2,1-2H3,(H,22,23,25). The van der Waals surface area contributed by atoms with Crippen LogP contribution in [-0.2, 0) is 19.8 Å². The molecule has 0 saturated carbocycles. The van der Waals surface area contributed by atoms with Crippen molar-refractivity contribution >= 4 is 17.4 Å². The summed E-state index contributed by atoms with van der Waals surface area (Å²) in [5, 5.41) is 3.12. The van der Waals surface area contributed by atoms with Crippen LogP contribution in [0.4, 0.5) is 19.0 Å². The lowest BCUT2D eigenvalue weighted by atomic mass is 10.2. The smallest absolute Gasteiger partial charge is 0.434 e. The summed E-state index contributed by atoms with van der Waals surface area (Å²) in [6.07, 6.45) is -0.590. The Morgan fingerprint density at radius 3 is 2.56 bits per heavy atom. The first kappa shape index (κ1) is 18.9. The quantitative estimate of drug-likeness (QED) is 0.662. The first-order valence-corrected chi connectivity index (χ1v) is 8.02. The number of alkyl halides is 3. The molecule has 0 aromatic carbocycles. The molecule has 0 amide bonds. The van der Waals surface area contributed by atoms with Crippen LogP contribution in [0.15, 0.2) is 30.7 Å². The van der Waals surface area contributed by atoms with Crippen molar-refractivity contribution in [1.82, 2.24) is 24.5 Å². The molecule has 1 N–H and O–H groups in total. The van der Waals surface area contributed by atoms with Gasteiger partial charge in [0, 0.05) is 26.0 Å². The number of hydrogen-bond acceptors (Lipinski definition) is 6. The van der Waals surface area contributed by atoms with Crippen LogP contribution in [0.2, 0.25) is 5.28 Å². The number of methoxy groups -OCH3 is 1. The molecule has 0 fully saturated rings. The van der Waals surface area contributed by atoms with Crippen molar-refractivity contribution in [3.05, 3.63) is 47.3 Å². The fourth-order valence-electron chi connectivity index (χ4n) is 2.31. The van der Waals surface area contributed by atoms with Gasteiger partial charge in [-0.15, -0.1) is 0 Å². The van der Waals surface area contributed by atoms with Gasteiger partial charge >= 0.3 is 6.18 Å². The Balaban J connectivity index is 1.75. The van der Waals surface area contributed by atoms with E-state index in [-0.39, 0.29) is 11.1 Å². The van der Waals surface area contributed by atoms with E-state index in [9.17, 15) is 13.2 Å². The van der Waals surface area contributed by atoms with Crippen molar-refractivity contribution < 1.29 is 17.9 Å². The van der Waals surface area contributed by atoms with Crippen LogP contribution in [0.1, 0.15) is 11.3 Å². The minimum Gasteiger partial charge on any atom is -0.491 e. The van der Waals surface area contributed by atoms with Crippen LogP contribution in [0, 0.1) is 0 Å². The van der Waals surface area contributed by atoms with Crippen LogP contribution in [0.3, 0.4) is 0 Å². The van der Waals surface area contributed by atoms with Gasteiger partial charge in [0.15, 0.2) is 23.1 Å². The highest BCUT2D eigenvalue weighted by molar-refractivity contribution is 6.28. The number of pyridine rings is 1. The second-order valence-electron chi connectivity index (χ2n) is 5.52. The number of imidazole rings is 1. The molecule has 0 radical (unpaired) electrons. The van der Waals surface area contributed by atoms with Gasteiger partial charge in [0.1, 0.15) is 5.69 Å². The zero-order valence-electron chi connectivity index (χ0n) is 14.3. The second kappa shape index (κ2) is 7.39. The van der Waals surface area contributed by atoms with Crippen LogP contribution >= 0.6 is 11.6 Å². The third-order valence-electron chi connectivity index (χ3n) is 3.63. The van der Waals surface area contributed by atoms with E-state index in [2.05, 4.69) is 25.3 Å². The Bertz CT molecular complexity index is 942. The predicted octanol–water partition coefficient (Wildman–Crippen LogP) is 3.57. The molecule has 3 aromatic heterocycles. The molecule has 0 aliphatic heterocycles. The highest BCUT2D eigenvalue weighted by atomic mass is 35.5. The third kappa shape index (κ3) is 4.27. The molecule has 27 heavy (non-hydrogen) atoms. The lowest BCUT2D eigenvalue weighted by molar-refractivity contribution is -0.140. The van der Waals surface area contributed by atoms with Crippen LogP contribution in [-0.4, -0.2) is 31.6 Å². The minimum absolute atomic E-state index is 0.0713. The van der Waals surface area contributed by atoms with E-state index in [1.807, 2.05) is 0 Å². The summed E-state index contributed by atoms with van der Waals surface area (Å²) >= 11 is 5.77. The number of nitrogens with zero attached hydrogens (tertiary/aromatic N) is 5. The van der Waals surface area contributed by atoms with Gasteiger partial charge in [-0.3, -0.25) is 4.98 Å². The van der Waals surface area contributed by atoms with E-state index >= 15 is 0 Å². The number of halogens is 4. The monoisotopic (exact) mass is 398 g/mol. The number of ether oxygens (including phenoxy) is 1. The Labute approximate surface area is 157 Å². The number of anilines is 1. The summed E-state index contributed by atoms with van der Waals surface area (Å²) in [7, 11) is 2.97. The molecule has 3 aromatic rings. The Morgan fingerprint density at radius 1 is 1.19 bits per heavy atom. The van der Waals surface area contributed by atoms with Gasteiger partial charge < -0.3 is 14.6 Å². The molecule has 0 bridgehead atoms. The summed E-state index contributed by atoms with van der Waals surface area (Å²) in [5.41, 5.74) is 0.153. The molecule has 0 saturated heterocycles. The molecule has 3 rings (SSSR count). The summed E-state index contributed by atoms with van der Waals surface area (Å²) in [4.78, 5) is 15.7. The number of nitrogens with one attached hydrogen (secondary N) is 1. The van der Waals surface area contributed by atoms with Crippen molar-refractivity contribution in [2.24, 2.45) is 7.05 Å². The van der Waals surface area contributed by atoms with Crippen molar-refractivity contribution in [3.8, 4) is 17.3 Å². The van der Waals surface area contributed by atoms with Gasteiger partial charge in [-0.2, -0.15) is 18.2 Å². The Morgan fingerprint density at radius 2 is 1.96 bits per heavy atom. The van der Waals surface area contributed by atoms with Gasteiger partial charge in [0.25, 0.3) is 0 Å². The number of aryl methyl sites for hydroxylation is 1. The van der Waals surface area contributed by atoms with Crippen LogP contribution in [0.25, 0.3) is 11.5 Å². The SMILES string of the molecule is COc1cnc(Cl)nc1NCc1ccc(-c2nc(C(F)(F)F)cn2C)nc1. The van der Waals surface area contributed by atoms with Crippen molar-refractivity contribution in [1.29, 1.82) is 0 Å². The fourth-order valence-corrected chi connectivity index (χ4v) is 2.45. The molecule has 11 heteroatoms. The maximum atomic E-state index is 12.8. The highest BCUT2D eigenvalue weighted by Gasteiger charge is 2.34. The molecule has 0 spiro atoms. The molecule has 7 nitrogen and oxygen atoms in total. The van der Waals surface area contributed by atoms with Crippen LogP contribution in [0.5, 0.6) is 5.75 Å². The van der Waals surface area contributed by atoms with E-state index in [4.69, 9.17) is 16.3 Å². The summed E-state index contributed by atoms with van der Waals surface area (Å²) in [6, 6.07) is 3.33. The molecule has 0 unspecified atom stereocenters. The summed E-state index contributed by atoms with van der Waals surface area (Å²) < 4.78 is 44.8. The maximum Gasteiger partial charge on any atom is 0.434 e. The van der Waals surface area contributed by atoms with E-state index in [1.165, 1.54) is 24.9 Å². The van der Waals surface area contributed by atoms with Gasteiger partial charge in [-0.05, 0) is 23.2 Å². The molecule has 3 heterocycles. The molecule has 0 atom stereocenters. The summed E-state index contributed by atoms with van der Waals surface area (Å²) in [5.74, 6) is 0.975. The summed E-state index contributed by atoms with van der Waals surface area (Å²) in [6.45, 7) is 0.353. The first-order chi connectivity index (χ1) is 12.8. The topological polar surface area (TPSA) is 77.8 Å². The lowest BCUT2D eigenvalue weighted by Crippen LogP contribution is -2.05. The number of hydrogen-bond donors (Lipinski definition) is 1. The molecule has 0 aliphatic rings. The Kier molecular flexibility index (Phi) is 5.17. The fraction of sp³-hybridized carbons (Fsp3) is 0.250. The maximum absolute atomic E-state index is 12.8. The average molecular weight is 399 g/mol. The number of rotatable bonds is 5. The third-order valence-corrected chi connectivity index (χ3v) is 3.81. The van der Waals surface area contributed by atoms with E-state index in [1.54, 1.807) is 18.3 Å². The van der Waals surface area contributed by atoms with Gasteiger partial charge in [0.05, 0.1) is 13.3 Å². The average Bonchev–Trinajstić information content (AvgIpc) is 3.03. The van der Waals surface area contributed by atoms with Crippen molar-refractivity contribution in [2.45, 2.75) is 12.7 Å². The van der Waals surface area contributed by atoms with Gasteiger partial charge in [-0.1, -0.05) is 6.07 Å². The van der Waals surface area contributed by atoms with E-state index < -0.39 is 11.9 Å². The van der Waals surface area contributed by atoms with Gasteiger partial charge in [0.2, 0.25) is 5.28 Å². The predicted molar refractivity (Wildman–Crippen MR) is 92.4 cm³/mol. The first-order valence-electron chi connectivity index (χ1n) is 7.64. The minimum atomic E-state index is -4.50. The second-order valence-corrected chi connectivity index (χ2v) is 5.86. The normalized spacial score (nSPS) is 11.5. The number of aromatic nitrogens is 5. The molecule has 142 valence electrons. The molecular weight excluding hydrogens is 385 g/mol. The van der Waals surface area contributed by atoms with Crippen molar-refractivity contribution in [2.75, 3.05) is 12.4 Å².